The molecule has 154 valence electrons. The predicted octanol–water partition coefficient (Wildman–Crippen LogP) is 4.71. The number of rotatable bonds is 6. The van der Waals surface area contributed by atoms with Gasteiger partial charge in [-0.2, -0.15) is 0 Å². The Morgan fingerprint density at radius 3 is 2.45 bits per heavy atom. The lowest BCUT2D eigenvalue weighted by Crippen LogP contribution is -2.56. The minimum Gasteiger partial charge on any atom is -0.493 e. The number of nitrogens with one attached hydrogen (secondary N) is 1. The van der Waals surface area contributed by atoms with E-state index < -0.39 is 0 Å². The normalized spacial score (nSPS) is 24.1. The molecule has 0 saturated carbocycles. The highest BCUT2D eigenvalue weighted by molar-refractivity contribution is 5.97. The molecule has 2 aliphatic rings. The molecule has 1 amide bonds. The van der Waals surface area contributed by atoms with E-state index in [0.717, 1.165) is 19.4 Å². The Kier molecular flexibility index (Phi) is 6.19. The van der Waals surface area contributed by atoms with Gasteiger partial charge in [0, 0.05) is 24.7 Å². The SMILES string of the molecule is CCOc1ccccc1C(=O)NC1C[C@@H]2CCC[C@@H](C1)N2Cc1ccc(C)cc1. The summed E-state index contributed by atoms with van der Waals surface area (Å²) in [6, 6.07) is 17.8. The highest BCUT2D eigenvalue weighted by Gasteiger charge is 2.38. The second-order valence-electron chi connectivity index (χ2n) is 8.47. The van der Waals surface area contributed by atoms with Crippen LogP contribution in [0, 0.1) is 6.92 Å². The van der Waals surface area contributed by atoms with Gasteiger partial charge in [0.25, 0.3) is 5.91 Å². The first-order chi connectivity index (χ1) is 14.1. The first-order valence-corrected chi connectivity index (χ1v) is 11.0. The van der Waals surface area contributed by atoms with E-state index >= 15 is 0 Å². The first-order valence-electron chi connectivity index (χ1n) is 11.0. The van der Waals surface area contributed by atoms with E-state index in [1.54, 1.807) is 0 Å². The number of hydrogen-bond donors (Lipinski definition) is 1. The quantitative estimate of drug-likeness (QED) is 0.774. The van der Waals surface area contributed by atoms with E-state index in [1.165, 1.54) is 30.4 Å². The van der Waals surface area contributed by atoms with Gasteiger partial charge in [-0.15, -0.1) is 0 Å². The largest absolute Gasteiger partial charge is 0.493 e. The minimum atomic E-state index is -0.0101. The lowest BCUT2D eigenvalue weighted by atomic mass is 9.81. The van der Waals surface area contributed by atoms with E-state index in [9.17, 15) is 4.79 Å². The fraction of sp³-hybridized carbons (Fsp3) is 0.480. The van der Waals surface area contributed by atoms with Crippen LogP contribution in [0.3, 0.4) is 0 Å². The Morgan fingerprint density at radius 1 is 1.07 bits per heavy atom. The molecule has 2 aliphatic heterocycles. The van der Waals surface area contributed by atoms with Gasteiger partial charge >= 0.3 is 0 Å². The van der Waals surface area contributed by atoms with Crippen LogP contribution in [0.1, 0.15) is 60.5 Å². The Hall–Kier alpha value is -2.33. The number of aryl methyl sites for hydroxylation is 1. The molecule has 2 bridgehead atoms. The lowest BCUT2D eigenvalue weighted by molar-refractivity contribution is 0.0176. The summed E-state index contributed by atoms with van der Waals surface area (Å²) >= 11 is 0. The van der Waals surface area contributed by atoms with Gasteiger partial charge in [-0.1, -0.05) is 48.4 Å². The van der Waals surface area contributed by atoms with Crippen LogP contribution < -0.4 is 10.1 Å². The molecule has 2 fully saturated rings. The topological polar surface area (TPSA) is 41.6 Å². The molecule has 29 heavy (non-hydrogen) atoms. The summed E-state index contributed by atoms with van der Waals surface area (Å²) in [5.74, 6) is 0.661. The minimum absolute atomic E-state index is 0.0101. The van der Waals surface area contributed by atoms with Crippen molar-refractivity contribution in [1.82, 2.24) is 10.2 Å². The number of nitrogens with zero attached hydrogens (tertiary/aromatic N) is 1. The summed E-state index contributed by atoms with van der Waals surface area (Å²) in [7, 11) is 0. The zero-order chi connectivity index (χ0) is 20.2. The van der Waals surface area contributed by atoms with E-state index in [0.29, 0.717) is 30.0 Å². The molecule has 0 unspecified atom stereocenters. The molecule has 0 spiro atoms. The van der Waals surface area contributed by atoms with Gasteiger partial charge in [-0.25, -0.2) is 0 Å². The fourth-order valence-corrected chi connectivity index (χ4v) is 4.96. The summed E-state index contributed by atoms with van der Waals surface area (Å²) in [5.41, 5.74) is 3.34. The number of para-hydroxylation sites is 1. The lowest BCUT2D eigenvalue weighted by Gasteiger charge is -2.49. The fourth-order valence-electron chi connectivity index (χ4n) is 4.96. The van der Waals surface area contributed by atoms with Gasteiger partial charge in [-0.3, -0.25) is 9.69 Å². The van der Waals surface area contributed by atoms with Gasteiger partial charge in [0.2, 0.25) is 0 Å². The first kappa shape index (κ1) is 20.0. The molecule has 1 N–H and O–H groups in total. The third-order valence-electron chi connectivity index (χ3n) is 6.38. The van der Waals surface area contributed by atoms with Gasteiger partial charge in [0.15, 0.2) is 0 Å². The molecule has 2 aromatic rings. The Balaban J connectivity index is 1.42. The highest BCUT2D eigenvalue weighted by atomic mass is 16.5. The third-order valence-corrected chi connectivity index (χ3v) is 6.38. The summed E-state index contributed by atoms with van der Waals surface area (Å²) in [6.45, 7) is 5.66. The van der Waals surface area contributed by atoms with Gasteiger partial charge in [0.1, 0.15) is 5.75 Å². The molecule has 2 atom stereocenters. The van der Waals surface area contributed by atoms with Gasteiger partial charge < -0.3 is 10.1 Å². The van der Waals surface area contributed by atoms with Crippen molar-refractivity contribution in [2.24, 2.45) is 0 Å². The Bertz CT molecular complexity index is 819. The van der Waals surface area contributed by atoms with Crippen LogP contribution in [0.15, 0.2) is 48.5 Å². The smallest absolute Gasteiger partial charge is 0.255 e. The average Bonchev–Trinajstić information content (AvgIpc) is 2.71. The second kappa shape index (κ2) is 9.00. The zero-order valence-corrected chi connectivity index (χ0v) is 17.6. The van der Waals surface area contributed by atoms with Crippen LogP contribution in [0.4, 0.5) is 0 Å². The zero-order valence-electron chi connectivity index (χ0n) is 17.6. The number of benzene rings is 2. The molecule has 2 saturated heterocycles. The molecule has 4 rings (SSSR count). The number of fused-ring (bicyclic) bond motifs is 2. The summed E-state index contributed by atoms with van der Waals surface area (Å²) in [4.78, 5) is 15.6. The standard InChI is InChI=1S/C25H32N2O2/c1-3-29-24-10-5-4-9-23(24)25(28)26-20-15-21-7-6-8-22(16-20)27(21)17-19-13-11-18(2)12-14-19/h4-5,9-14,20-22H,3,6-8,15-17H2,1-2H3,(H,26,28)/t21-,22-/m0/s1. The van der Waals surface area contributed by atoms with E-state index in [-0.39, 0.29) is 11.9 Å². The van der Waals surface area contributed by atoms with Crippen LogP contribution in [-0.4, -0.2) is 35.5 Å². The predicted molar refractivity (Wildman–Crippen MR) is 116 cm³/mol. The molecule has 0 aromatic heterocycles. The van der Waals surface area contributed by atoms with Crippen LogP contribution in [-0.2, 0) is 6.54 Å². The monoisotopic (exact) mass is 392 g/mol. The molecule has 4 nitrogen and oxygen atoms in total. The number of amides is 1. The van der Waals surface area contributed by atoms with Gasteiger partial charge in [0.05, 0.1) is 12.2 Å². The van der Waals surface area contributed by atoms with Gasteiger partial charge in [-0.05, 0) is 57.2 Å². The summed E-state index contributed by atoms with van der Waals surface area (Å²) < 4.78 is 5.64. The van der Waals surface area contributed by atoms with Crippen molar-refractivity contribution in [2.75, 3.05) is 6.61 Å². The second-order valence-corrected chi connectivity index (χ2v) is 8.47. The van der Waals surface area contributed by atoms with Crippen molar-refractivity contribution < 1.29 is 9.53 Å². The summed E-state index contributed by atoms with van der Waals surface area (Å²) in [6.07, 6.45) is 5.82. The van der Waals surface area contributed by atoms with E-state index in [2.05, 4.69) is 41.4 Å². The van der Waals surface area contributed by atoms with Crippen LogP contribution in [0.5, 0.6) is 5.75 Å². The Labute approximate surface area is 174 Å². The molecule has 2 aromatic carbocycles. The number of piperidine rings is 2. The van der Waals surface area contributed by atoms with Crippen molar-refractivity contribution in [1.29, 1.82) is 0 Å². The number of carbonyl (C=O) groups excluding carboxylic acids is 1. The van der Waals surface area contributed by atoms with Crippen molar-refractivity contribution in [3.63, 3.8) is 0 Å². The van der Waals surface area contributed by atoms with E-state index in [1.807, 2.05) is 31.2 Å². The van der Waals surface area contributed by atoms with Crippen molar-refractivity contribution >= 4 is 5.91 Å². The number of ether oxygens (including phenoxy) is 1. The maximum atomic E-state index is 12.9. The maximum absolute atomic E-state index is 12.9. The van der Waals surface area contributed by atoms with Crippen molar-refractivity contribution in [3.05, 3.63) is 65.2 Å². The Morgan fingerprint density at radius 2 is 1.76 bits per heavy atom. The molecule has 0 radical (unpaired) electrons. The molecule has 2 heterocycles. The number of hydrogen-bond acceptors (Lipinski definition) is 3. The van der Waals surface area contributed by atoms with Crippen molar-refractivity contribution in [2.45, 2.75) is 70.6 Å². The highest BCUT2D eigenvalue weighted by Crippen LogP contribution is 2.35. The van der Waals surface area contributed by atoms with Crippen LogP contribution in [0.25, 0.3) is 0 Å². The third kappa shape index (κ3) is 4.64. The molecule has 4 heteroatoms. The maximum Gasteiger partial charge on any atom is 0.255 e. The molecular formula is C25H32N2O2. The average molecular weight is 393 g/mol. The number of carbonyl (C=O) groups is 1. The van der Waals surface area contributed by atoms with Crippen LogP contribution in [0.2, 0.25) is 0 Å². The van der Waals surface area contributed by atoms with Crippen LogP contribution >= 0.6 is 0 Å². The molecule has 0 aliphatic carbocycles. The van der Waals surface area contributed by atoms with Crippen molar-refractivity contribution in [3.8, 4) is 5.75 Å². The van der Waals surface area contributed by atoms with E-state index in [4.69, 9.17) is 4.74 Å². The molecular weight excluding hydrogens is 360 g/mol. The summed E-state index contributed by atoms with van der Waals surface area (Å²) in [5, 5.41) is 3.31.